The Morgan fingerprint density at radius 1 is 1.21 bits per heavy atom. The van der Waals surface area contributed by atoms with Gasteiger partial charge in [0.15, 0.2) is 0 Å². The number of halogens is 1. The van der Waals surface area contributed by atoms with Gasteiger partial charge in [0.25, 0.3) is 0 Å². The molecule has 0 spiro atoms. The fraction of sp³-hybridized carbons (Fsp3) is 0.250. The van der Waals surface area contributed by atoms with Crippen LogP contribution in [0.15, 0.2) is 36.4 Å². The molecule has 2 nitrogen and oxygen atoms in total. The maximum Gasteiger partial charge on any atom is 0.0833 e. The first-order valence-corrected chi connectivity index (χ1v) is 6.95. The largest absolute Gasteiger partial charge is 0.397 e. The van der Waals surface area contributed by atoms with Crippen LogP contribution in [0.25, 0.3) is 0 Å². The van der Waals surface area contributed by atoms with Crippen molar-refractivity contribution in [3.63, 3.8) is 0 Å². The molecule has 0 aliphatic carbocycles. The van der Waals surface area contributed by atoms with E-state index in [9.17, 15) is 0 Å². The Balaban J connectivity index is 2.14. The average molecular weight is 273 g/mol. The van der Waals surface area contributed by atoms with E-state index < -0.39 is 0 Å². The van der Waals surface area contributed by atoms with Gasteiger partial charge in [-0.2, -0.15) is 0 Å². The van der Waals surface area contributed by atoms with Gasteiger partial charge in [0.1, 0.15) is 0 Å². The predicted molar refractivity (Wildman–Crippen MR) is 82.4 cm³/mol. The van der Waals surface area contributed by atoms with E-state index in [-0.39, 0.29) is 0 Å². The molecule has 0 radical (unpaired) electrons. The maximum atomic E-state index is 6.34. The van der Waals surface area contributed by atoms with Crippen LogP contribution in [0.5, 0.6) is 0 Å². The summed E-state index contributed by atoms with van der Waals surface area (Å²) >= 11 is 6.34. The van der Waals surface area contributed by atoms with Crippen molar-refractivity contribution in [1.82, 2.24) is 0 Å². The molecule has 19 heavy (non-hydrogen) atoms. The number of hydrogen-bond acceptors (Lipinski definition) is 2. The Hall–Kier alpha value is -1.67. The highest BCUT2D eigenvalue weighted by Crippen LogP contribution is 2.40. The van der Waals surface area contributed by atoms with Gasteiger partial charge >= 0.3 is 0 Å². The molecule has 2 N–H and O–H groups in total. The van der Waals surface area contributed by atoms with Crippen molar-refractivity contribution in [3.8, 4) is 0 Å². The summed E-state index contributed by atoms with van der Waals surface area (Å²) in [5.74, 6) is 0. The van der Waals surface area contributed by atoms with Gasteiger partial charge in [-0.1, -0.05) is 35.4 Å². The second kappa shape index (κ2) is 4.78. The van der Waals surface area contributed by atoms with Crippen LogP contribution in [0.2, 0.25) is 5.02 Å². The topological polar surface area (TPSA) is 29.3 Å². The molecular weight excluding hydrogens is 256 g/mol. The molecule has 0 saturated carbocycles. The van der Waals surface area contributed by atoms with E-state index in [0.717, 1.165) is 30.8 Å². The maximum absolute atomic E-state index is 6.34. The Bertz CT molecular complexity index is 602. The zero-order valence-electron chi connectivity index (χ0n) is 11.0. The Kier molecular flexibility index (Phi) is 3.11. The quantitative estimate of drug-likeness (QED) is 0.784. The number of benzene rings is 2. The number of hydrogen-bond donors (Lipinski definition) is 1. The van der Waals surface area contributed by atoms with Crippen molar-refractivity contribution in [2.75, 3.05) is 17.2 Å². The molecule has 2 aromatic carbocycles. The molecule has 98 valence electrons. The number of aryl methyl sites for hydroxylation is 2. The zero-order valence-corrected chi connectivity index (χ0v) is 11.7. The third kappa shape index (κ3) is 2.17. The molecule has 0 unspecified atom stereocenters. The summed E-state index contributed by atoms with van der Waals surface area (Å²) in [4.78, 5) is 2.25. The summed E-state index contributed by atoms with van der Waals surface area (Å²) in [6.07, 6.45) is 2.25. The van der Waals surface area contributed by atoms with Gasteiger partial charge in [0, 0.05) is 12.2 Å². The predicted octanol–water partition coefficient (Wildman–Crippen LogP) is 4.31. The minimum atomic E-state index is 0.716. The van der Waals surface area contributed by atoms with Crippen molar-refractivity contribution in [2.24, 2.45) is 0 Å². The molecule has 2 aromatic rings. The summed E-state index contributed by atoms with van der Waals surface area (Å²) in [7, 11) is 0. The van der Waals surface area contributed by atoms with Gasteiger partial charge in [-0.3, -0.25) is 0 Å². The van der Waals surface area contributed by atoms with Crippen molar-refractivity contribution >= 4 is 28.7 Å². The third-order valence-corrected chi connectivity index (χ3v) is 3.95. The lowest BCUT2D eigenvalue weighted by molar-refractivity contribution is 0.766. The normalized spacial score (nSPS) is 14.3. The van der Waals surface area contributed by atoms with Crippen LogP contribution in [0, 0.1) is 6.92 Å². The molecule has 1 heterocycles. The minimum absolute atomic E-state index is 0.716. The molecule has 0 atom stereocenters. The van der Waals surface area contributed by atoms with Gasteiger partial charge in [0.05, 0.1) is 16.4 Å². The number of para-hydroxylation sites is 1. The molecule has 0 saturated heterocycles. The number of nitrogens with two attached hydrogens (primary N) is 1. The van der Waals surface area contributed by atoms with Crippen molar-refractivity contribution in [3.05, 3.63) is 52.5 Å². The lowest BCUT2D eigenvalue weighted by atomic mass is 9.99. The van der Waals surface area contributed by atoms with E-state index >= 15 is 0 Å². The van der Waals surface area contributed by atoms with E-state index in [2.05, 4.69) is 30.0 Å². The summed E-state index contributed by atoms with van der Waals surface area (Å²) in [5, 5.41) is 0.716. The van der Waals surface area contributed by atoms with Crippen molar-refractivity contribution in [2.45, 2.75) is 19.8 Å². The highest BCUT2D eigenvalue weighted by atomic mass is 35.5. The molecule has 0 amide bonds. The third-order valence-electron chi connectivity index (χ3n) is 3.64. The highest BCUT2D eigenvalue weighted by Gasteiger charge is 2.21. The number of fused-ring (bicyclic) bond motifs is 1. The molecule has 1 aliphatic heterocycles. The summed E-state index contributed by atoms with van der Waals surface area (Å²) in [5.41, 5.74) is 11.7. The number of nitrogen functional groups attached to an aromatic ring is 1. The smallest absolute Gasteiger partial charge is 0.0833 e. The number of anilines is 3. The molecule has 0 aromatic heterocycles. The Morgan fingerprint density at radius 2 is 2.05 bits per heavy atom. The first kappa shape index (κ1) is 12.4. The number of rotatable bonds is 1. The Labute approximate surface area is 118 Å². The van der Waals surface area contributed by atoms with E-state index in [1.54, 1.807) is 0 Å². The first-order chi connectivity index (χ1) is 9.16. The second-order valence-corrected chi connectivity index (χ2v) is 5.47. The summed E-state index contributed by atoms with van der Waals surface area (Å²) in [6, 6.07) is 12.3. The van der Waals surface area contributed by atoms with Crippen LogP contribution >= 0.6 is 11.6 Å². The fourth-order valence-electron chi connectivity index (χ4n) is 2.77. The second-order valence-electron chi connectivity index (χ2n) is 5.07. The molecule has 1 aliphatic rings. The SMILES string of the molecule is Cc1ccc2c(c1)CCCN2c1c(N)cccc1Cl. The van der Waals surface area contributed by atoms with Crippen LogP contribution in [0.4, 0.5) is 17.1 Å². The first-order valence-electron chi connectivity index (χ1n) is 6.58. The van der Waals surface area contributed by atoms with Gasteiger partial charge in [-0.25, -0.2) is 0 Å². The zero-order chi connectivity index (χ0) is 13.4. The van der Waals surface area contributed by atoms with Gasteiger partial charge < -0.3 is 10.6 Å². The van der Waals surface area contributed by atoms with Crippen LogP contribution < -0.4 is 10.6 Å². The molecular formula is C16H17ClN2. The average Bonchev–Trinajstić information content (AvgIpc) is 2.38. The minimum Gasteiger partial charge on any atom is -0.397 e. The van der Waals surface area contributed by atoms with E-state index in [4.69, 9.17) is 17.3 Å². The van der Waals surface area contributed by atoms with Crippen LogP contribution in [-0.4, -0.2) is 6.54 Å². The van der Waals surface area contributed by atoms with Gasteiger partial charge in [0.2, 0.25) is 0 Å². The molecule has 0 fully saturated rings. The molecule has 0 bridgehead atoms. The summed E-state index contributed by atoms with van der Waals surface area (Å²) < 4.78 is 0. The lowest BCUT2D eigenvalue weighted by Gasteiger charge is -2.33. The molecule has 3 rings (SSSR count). The fourth-order valence-corrected chi connectivity index (χ4v) is 3.06. The standard InChI is InChI=1S/C16H17ClN2/c1-11-7-8-15-12(10-11)4-3-9-19(15)16-13(17)5-2-6-14(16)18/h2,5-8,10H,3-4,9,18H2,1H3. The highest BCUT2D eigenvalue weighted by molar-refractivity contribution is 6.34. The lowest BCUT2D eigenvalue weighted by Crippen LogP contribution is -2.25. The van der Waals surface area contributed by atoms with Crippen LogP contribution in [-0.2, 0) is 6.42 Å². The van der Waals surface area contributed by atoms with Crippen LogP contribution in [0.1, 0.15) is 17.5 Å². The van der Waals surface area contributed by atoms with E-state index in [1.165, 1.54) is 16.8 Å². The van der Waals surface area contributed by atoms with Crippen molar-refractivity contribution in [1.29, 1.82) is 0 Å². The van der Waals surface area contributed by atoms with Crippen LogP contribution in [0.3, 0.4) is 0 Å². The Morgan fingerprint density at radius 3 is 2.84 bits per heavy atom. The monoisotopic (exact) mass is 272 g/mol. The summed E-state index contributed by atoms with van der Waals surface area (Å²) in [6.45, 7) is 3.09. The van der Waals surface area contributed by atoms with Gasteiger partial charge in [-0.05, 0) is 43.5 Å². The molecule has 3 heteroatoms. The van der Waals surface area contributed by atoms with E-state index in [1.807, 2.05) is 18.2 Å². The number of nitrogens with zero attached hydrogens (tertiary/aromatic N) is 1. The van der Waals surface area contributed by atoms with Crippen molar-refractivity contribution < 1.29 is 0 Å². The van der Waals surface area contributed by atoms with Gasteiger partial charge in [-0.15, -0.1) is 0 Å². The van der Waals surface area contributed by atoms with E-state index in [0.29, 0.717) is 5.02 Å².